The van der Waals surface area contributed by atoms with Crippen LogP contribution in [-0.2, 0) is 30.8 Å². The number of nitrogens with one attached hydrogen (secondary N) is 1. The summed E-state index contributed by atoms with van der Waals surface area (Å²) in [5, 5.41) is 13.6. The molecule has 0 aliphatic carbocycles. The molecule has 0 bridgehead atoms. The summed E-state index contributed by atoms with van der Waals surface area (Å²) in [6.45, 7) is 4.67. The number of hydrogen-bond acceptors (Lipinski definition) is 7. The quantitative estimate of drug-likeness (QED) is 0.537. The number of fused-ring (bicyclic) bond motifs is 1. The fourth-order valence-electron chi connectivity index (χ4n) is 5.85. The zero-order chi connectivity index (χ0) is 27.4. The number of aliphatic hydroxyl groups excluding tert-OH is 1. The van der Waals surface area contributed by atoms with E-state index in [1.807, 2.05) is 25.1 Å². The smallest absolute Gasteiger partial charge is 0.243 e. The summed E-state index contributed by atoms with van der Waals surface area (Å²) in [4.78, 5) is 15.5. The van der Waals surface area contributed by atoms with Gasteiger partial charge in [0.05, 0.1) is 48.9 Å². The molecule has 0 spiro atoms. The fourth-order valence-corrected chi connectivity index (χ4v) is 7.56. The lowest BCUT2D eigenvalue weighted by atomic mass is 9.96. The fraction of sp³-hybridized carbons (Fsp3) is 0.552. The summed E-state index contributed by atoms with van der Waals surface area (Å²) >= 11 is 0. The molecule has 9 nitrogen and oxygen atoms in total. The molecule has 0 radical (unpaired) electrons. The second-order valence-electron chi connectivity index (χ2n) is 11.0. The van der Waals surface area contributed by atoms with Gasteiger partial charge in [-0.1, -0.05) is 48.0 Å². The van der Waals surface area contributed by atoms with Crippen LogP contribution in [0.4, 0.5) is 0 Å². The summed E-state index contributed by atoms with van der Waals surface area (Å²) in [5.41, 5.74) is 2.23. The van der Waals surface area contributed by atoms with E-state index < -0.39 is 28.3 Å². The lowest BCUT2D eigenvalue weighted by Gasteiger charge is -2.43. The van der Waals surface area contributed by atoms with Crippen LogP contribution in [0.2, 0.25) is 0 Å². The van der Waals surface area contributed by atoms with E-state index in [-0.39, 0.29) is 49.1 Å². The predicted octanol–water partition coefficient (Wildman–Crippen LogP) is 2.07. The number of benzene rings is 2. The van der Waals surface area contributed by atoms with Crippen LogP contribution in [-0.4, -0.2) is 91.9 Å². The van der Waals surface area contributed by atoms with Crippen LogP contribution in [0.15, 0.2) is 59.5 Å². The van der Waals surface area contributed by atoms with Gasteiger partial charge in [0.2, 0.25) is 15.9 Å². The standard InChI is InChI=1S/C29H39N3O6S/c1-21-7-10-26(11-8-21)39(35,36)32-18-24(33)19-37-20-28-27(32)12-9-25(38-28)15-29(34)30-23-13-14-31(17-23)16-22-5-3-2-4-6-22/h2-8,10-11,23-25,27-28,33H,9,12-20H2,1H3,(H,30,34)/t23-,24+,25-,27-,28+/m0/s1. The minimum atomic E-state index is -3.85. The molecule has 3 aliphatic heterocycles. The number of ether oxygens (including phenoxy) is 2. The number of aliphatic hydroxyl groups is 1. The first-order valence-electron chi connectivity index (χ1n) is 13.8. The number of aryl methyl sites for hydroxylation is 1. The molecular formula is C29H39N3O6S. The maximum absolute atomic E-state index is 13.6. The number of β-amino-alcohol motifs (C(OH)–C–C–N with tert-alkyl or cyclic N) is 1. The van der Waals surface area contributed by atoms with E-state index in [1.54, 1.807) is 24.3 Å². The molecule has 5 atom stereocenters. The number of carbonyl (C=O) groups is 1. The second kappa shape index (κ2) is 12.4. The molecule has 5 rings (SSSR count). The van der Waals surface area contributed by atoms with Gasteiger partial charge in [-0.05, 0) is 43.9 Å². The Balaban J connectivity index is 1.18. The molecule has 3 aliphatic rings. The van der Waals surface area contributed by atoms with E-state index >= 15 is 0 Å². The third-order valence-corrected chi connectivity index (χ3v) is 9.77. The second-order valence-corrected chi connectivity index (χ2v) is 12.9. The van der Waals surface area contributed by atoms with Gasteiger partial charge < -0.3 is 19.9 Å². The van der Waals surface area contributed by atoms with Crippen molar-refractivity contribution in [3.8, 4) is 0 Å². The number of nitrogens with zero attached hydrogens (tertiary/aromatic N) is 2. The highest BCUT2D eigenvalue weighted by Gasteiger charge is 2.43. The Bertz CT molecular complexity index is 1210. The molecule has 3 heterocycles. The summed E-state index contributed by atoms with van der Waals surface area (Å²) in [7, 11) is -3.85. The van der Waals surface area contributed by atoms with E-state index in [0.717, 1.165) is 31.6 Å². The highest BCUT2D eigenvalue weighted by molar-refractivity contribution is 7.89. The van der Waals surface area contributed by atoms with Crippen molar-refractivity contribution < 1.29 is 27.8 Å². The first-order chi connectivity index (χ1) is 18.8. The average Bonchev–Trinajstić information content (AvgIpc) is 3.33. The van der Waals surface area contributed by atoms with Crippen molar-refractivity contribution in [1.82, 2.24) is 14.5 Å². The van der Waals surface area contributed by atoms with Crippen molar-refractivity contribution in [2.75, 3.05) is 32.8 Å². The van der Waals surface area contributed by atoms with Gasteiger partial charge in [0.25, 0.3) is 0 Å². The van der Waals surface area contributed by atoms with Crippen molar-refractivity contribution >= 4 is 15.9 Å². The Labute approximate surface area is 231 Å². The van der Waals surface area contributed by atoms with Crippen LogP contribution < -0.4 is 5.32 Å². The molecule has 2 aromatic carbocycles. The lowest BCUT2D eigenvalue weighted by Crippen LogP contribution is -2.57. The minimum absolute atomic E-state index is 0.0266. The van der Waals surface area contributed by atoms with Gasteiger partial charge in [0, 0.05) is 32.2 Å². The van der Waals surface area contributed by atoms with Gasteiger partial charge in [-0.25, -0.2) is 8.42 Å². The Morgan fingerprint density at radius 1 is 1.03 bits per heavy atom. The van der Waals surface area contributed by atoms with Crippen LogP contribution in [0.25, 0.3) is 0 Å². The highest BCUT2D eigenvalue weighted by Crippen LogP contribution is 2.31. The van der Waals surface area contributed by atoms with Crippen LogP contribution in [0.5, 0.6) is 0 Å². The normalized spacial score (nSPS) is 28.8. The molecule has 3 fully saturated rings. The summed E-state index contributed by atoms with van der Waals surface area (Å²) < 4.78 is 40.5. The minimum Gasteiger partial charge on any atom is -0.389 e. The van der Waals surface area contributed by atoms with E-state index in [4.69, 9.17) is 9.47 Å². The van der Waals surface area contributed by atoms with Crippen LogP contribution >= 0.6 is 0 Å². The van der Waals surface area contributed by atoms with E-state index in [1.165, 1.54) is 9.87 Å². The van der Waals surface area contributed by atoms with Gasteiger partial charge in [0.1, 0.15) is 0 Å². The molecular weight excluding hydrogens is 518 g/mol. The van der Waals surface area contributed by atoms with Crippen LogP contribution in [0.1, 0.15) is 36.8 Å². The number of carbonyl (C=O) groups excluding carboxylic acids is 1. The molecule has 39 heavy (non-hydrogen) atoms. The Kier molecular flexibility index (Phi) is 9.00. The predicted molar refractivity (Wildman–Crippen MR) is 146 cm³/mol. The average molecular weight is 558 g/mol. The van der Waals surface area contributed by atoms with Crippen molar-refractivity contribution in [3.05, 3.63) is 65.7 Å². The number of hydrogen-bond donors (Lipinski definition) is 2. The van der Waals surface area contributed by atoms with E-state index in [0.29, 0.717) is 12.8 Å². The van der Waals surface area contributed by atoms with E-state index in [9.17, 15) is 18.3 Å². The third kappa shape index (κ3) is 7.06. The topological polar surface area (TPSA) is 108 Å². The molecule has 2 aromatic rings. The Morgan fingerprint density at radius 3 is 2.56 bits per heavy atom. The first kappa shape index (κ1) is 28.2. The molecule has 10 heteroatoms. The van der Waals surface area contributed by atoms with Gasteiger partial charge in [-0.3, -0.25) is 9.69 Å². The van der Waals surface area contributed by atoms with Gasteiger partial charge in [-0.15, -0.1) is 0 Å². The number of amides is 1. The maximum atomic E-state index is 13.6. The molecule has 0 saturated carbocycles. The summed E-state index contributed by atoms with van der Waals surface area (Å²) in [6.07, 6.45) is 0.459. The van der Waals surface area contributed by atoms with Crippen molar-refractivity contribution in [1.29, 1.82) is 0 Å². The molecule has 1 amide bonds. The molecule has 0 unspecified atom stereocenters. The third-order valence-electron chi connectivity index (χ3n) is 7.86. The van der Waals surface area contributed by atoms with Crippen molar-refractivity contribution in [3.63, 3.8) is 0 Å². The zero-order valence-electron chi connectivity index (χ0n) is 22.4. The lowest BCUT2D eigenvalue weighted by molar-refractivity contribution is -0.146. The summed E-state index contributed by atoms with van der Waals surface area (Å²) in [5.74, 6) is -0.0451. The summed E-state index contributed by atoms with van der Waals surface area (Å²) in [6, 6.07) is 16.7. The molecule has 3 saturated heterocycles. The van der Waals surface area contributed by atoms with Crippen LogP contribution in [0.3, 0.4) is 0 Å². The van der Waals surface area contributed by atoms with Crippen LogP contribution in [0, 0.1) is 6.92 Å². The molecule has 0 aromatic heterocycles. The van der Waals surface area contributed by atoms with E-state index in [2.05, 4.69) is 22.3 Å². The number of sulfonamides is 1. The van der Waals surface area contributed by atoms with Gasteiger partial charge in [-0.2, -0.15) is 4.31 Å². The Hall–Kier alpha value is -2.34. The molecule has 212 valence electrons. The van der Waals surface area contributed by atoms with Gasteiger partial charge in [0.15, 0.2) is 0 Å². The molecule has 2 N–H and O–H groups in total. The van der Waals surface area contributed by atoms with Crippen molar-refractivity contribution in [2.45, 2.75) is 74.4 Å². The van der Waals surface area contributed by atoms with Crippen molar-refractivity contribution in [2.24, 2.45) is 0 Å². The number of rotatable bonds is 7. The maximum Gasteiger partial charge on any atom is 0.243 e. The highest BCUT2D eigenvalue weighted by atomic mass is 32.2. The first-order valence-corrected chi connectivity index (χ1v) is 15.3. The number of likely N-dealkylation sites (tertiary alicyclic amines) is 1. The zero-order valence-corrected chi connectivity index (χ0v) is 23.3. The SMILES string of the molecule is Cc1ccc(S(=O)(=O)N2C[C@@H](O)COC[C@H]3O[C@H](CC(=O)N[C@H]4CCN(Cc5ccccc5)C4)CC[C@@H]32)cc1. The Morgan fingerprint density at radius 2 is 1.79 bits per heavy atom. The largest absolute Gasteiger partial charge is 0.389 e. The van der Waals surface area contributed by atoms with Gasteiger partial charge >= 0.3 is 0 Å². The monoisotopic (exact) mass is 557 g/mol.